The van der Waals surface area contributed by atoms with Crippen molar-refractivity contribution < 1.29 is 0 Å². The molecule has 114 valence electrons. The van der Waals surface area contributed by atoms with Gasteiger partial charge >= 0.3 is 0 Å². The van der Waals surface area contributed by atoms with E-state index in [1.54, 1.807) is 0 Å². The van der Waals surface area contributed by atoms with Crippen molar-refractivity contribution in [3.8, 4) is 0 Å². The van der Waals surface area contributed by atoms with Crippen LogP contribution in [0.25, 0.3) is 0 Å². The van der Waals surface area contributed by atoms with Crippen LogP contribution in [0, 0.1) is 0 Å². The molecule has 0 aromatic carbocycles. The molecule has 20 heavy (non-hydrogen) atoms. The molecule has 1 aliphatic rings. The zero-order chi connectivity index (χ0) is 14.8. The highest BCUT2D eigenvalue weighted by Crippen LogP contribution is 2.30. The first-order valence-corrected chi connectivity index (χ1v) is 8.56. The molecule has 0 aliphatic carbocycles. The summed E-state index contributed by atoms with van der Waals surface area (Å²) in [5.74, 6) is 0. The fourth-order valence-electron chi connectivity index (χ4n) is 3.25. The summed E-state index contributed by atoms with van der Waals surface area (Å²) >= 11 is 1.85. The predicted molar refractivity (Wildman–Crippen MR) is 88.4 cm³/mol. The van der Waals surface area contributed by atoms with E-state index in [-0.39, 0.29) is 5.54 Å². The van der Waals surface area contributed by atoms with E-state index in [9.17, 15) is 0 Å². The van der Waals surface area contributed by atoms with Crippen molar-refractivity contribution in [2.75, 3.05) is 26.7 Å². The number of hydrogen-bond donors (Lipinski definition) is 1. The average molecular weight is 295 g/mol. The van der Waals surface area contributed by atoms with Gasteiger partial charge in [-0.3, -0.25) is 9.80 Å². The average Bonchev–Trinajstić information content (AvgIpc) is 3.07. The van der Waals surface area contributed by atoms with Crippen molar-refractivity contribution in [3.63, 3.8) is 0 Å². The number of nitrogens with two attached hydrogens (primary N) is 1. The van der Waals surface area contributed by atoms with E-state index < -0.39 is 0 Å². The lowest BCUT2D eigenvalue weighted by atomic mass is 9.94. The van der Waals surface area contributed by atoms with Gasteiger partial charge in [0, 0.05) is 42.1 Å². The van der Waals surface area contributed by atoms with Crippen LogP contribution in [0.15, 0.2) is 17.5 Å². The Bertz CT molecular complexity index is 404. The van der Waals surface area contributed by atoms with Crippen LogP contribution in [0.1, 0.15) is 32.1 Å². The first-order chi connectivity index (χ1) is 9.48. The van der Waals surface area contributed by atoms with Gasteiger partial charge in [-0.05, 0) is 52.1 Å². The van der Waals surface area contributed by atoms with Gasteiger partial charge in [-0.25, -0.2) is 0 Å². The van der Waals surface area contributed by atoms with Crippen LogP contribution in [0.3, 0.4) is 0 Å². The second-order valence-electron chi connectivity index (χ2n) is 6.49. The molecule has 0 bridgehead atoms. The highest BCUT2D eigenvalue weighted by Gasteiger charge is 2.42. The minimum absolute atomic E-state index is 0.154. The predicted octanol–water partition coefficient (Wildman–Crippen LogP) is 2.42. The van der Waals surface area contributed by atoms with Gasteiger partial charge < -0.3 is 5.73 Å². The number of rotatable bonds is 6. The summed E-state index contributed by atoms with van der Waals surface area (Å²) in [7, 11) is 2.26. The Morgan fingerprint density at radius 2 is 2.20 bits per heavy atom. The van der Waals surface area contributed by atoms with Gasteiger partial charge in [-0.2, -0.15) is 0 Å². The van der Waals surface area contributed by atoms with Gasteiger partial charge in [-0.1, -0.05) is 6.07 Å². The summed E-state index contributed by atoms with van der Waals surface area (Å²) in [4.78, 5) is 6.56. The van der Waals surface area contributed by atoms with Crippen LogP contribution < -0.4 is 5.73 Å². The maximum Gasteiger partial charge on any atom is 0.0470 e. The second-order valence-corrected chi connectivity index (χ2v) is 7.52. The minimum atomic E-state index is 0.154. The van der Waals surface area contributed by atoms with Crippen LogP contribution in [0.5, 0.6) is 0 Å². The lowest BCUT2D eigenvalue weighted by Gasteiger charge is -2.42. The maximum atomic E-state index is 6.18. The molecule has 2 unspecified atom stereocenters. The number of likely N-dealkylation sites (tertiary alicyclic amines) is 1. The second kappa shape index (κ2) is 6.56. The largest absolute Gasteiger partial charge is 0.329 e. The third-order valence-corrected chi connectivity index (χ3v) is 5.86. The summed E-state index contributed by atoms with van der Waals surface area (Å²) < 4.78 is 0. The van der Waals surface area contributed by atoms with Gasteiger partial charge in [0.2, 0.25) is 0 Å². The Labute approximate surface area is 127 Å². The molecule has 1 aromatic heterocycles. The summed E-state index contributed by atoms with van der Waals surface area (Å²) in [5, 5.41) is 2.16. The van der Waals surface area contributed by atoms with Crippen LogP contribution >= 0.6 is 11.3 Å². The minimum Gasteiger partial charge on any atom is -0.329 e. The summed E-state index contributed by atoms with van der Waals surface area (Å²) in [6, 6.07) is 5.52. The van der Waals surface area contributed by atoms with Gasteiger partial charge in [0.15, 0.2) is 0 Å². The zero-order valence-corrected chi connectivity index (χ0v) is 14.1. The summed E-state index contributed by atoms with van der Waals surface area (Å²) in [6.45, 7) is 9.91. The van der Waals surface area contributed by atoms with Crippen LogP contribution in [0.2, 0.25) is 0 Å². The Balaban J connectivity index is 2.03. The van der Waals surface area contributed by atoms with E-state index >= 15 is 0 Å². The molecule has 1 aromatic rings. The fourth-order valence-corrected chi connectivity index (χ4v) is 4.08. The monoisotopic (exact) mass is 295 g/mol. The SMILES string of the molecule is CC(C)N1CCC(CN)(N(C)C(C)Cc2cccs2)C1. The molecular formula is C16H29N3S. The molecule has 2 rings (SSSR count). The molecule has 0 radical (unpaired) electrons. The Hall–Kier alpha value is -0.420. The highest BCUT2D eigenvalue weighted by molar-refractivity contribution is 7.09. The molecular weight excluding hydrogens is 266 g/mol. The summed E-state index contributed by atoms with van der Waals surface area (Å²) in [6.07, 6.45) is 2.31. The number of likely N-dealkylation sites (N-methyl/N-ethyl adjacent to an activating group) is 1. The molecule has 4 heteroatoms. The van der Waals surface area contributed by atoms with Gasteiger partial charge in [-0.15, -0.1) is 11.3 Å². The summed E-state index contributed by atoms with van der Waals surface area (Å²) in [5.41, 5.74) is 6.33. The van der Waals surface area contributed by atoms with E-state index in [0.29, 0.717) is 12.1 Å². The van der Waals surface area contributed by atoms with Crippen molar-refractivity contribution >= 4 is 11.3 Å². The van der Waals surface area contributed by atoms with E-state index in [1.807, 2.05) is 11.3 Å². The molecule has 0 spiro atoms. The van der Waals surface area contributed by atoms with Gasteiger partial charge in [0.05, 0.1) is 0 Å². The van der Waals surface area contributed by atoms with Crippen molar-refractivity contribution in [1.29, 1.82) is 0 Å². The highest BCUT2D eigenvalue weighted by atomic mass is 32.1. The quantitative estimate of drug-likeness (QED) is 0.875. The van der Waals surface area contributed by atoms with Crippen molar-refractivity contribution in [2.24, 2.45) is 5.73 Å². The van der Waals surface area contributed by atoms with E-state index in [4.69, 9.17) is 5.73 Å². The van der Waals surface area contributed by atoms with Crippen LogP contribution in [-0.2, 0) is 6.42 Å². The Morgan fingerprint density at radius 3 is 2.70 bits per heavy atom. The fraction of sp³-hybridized carbons (Fsp3) is 0.750. The molecule has 0 amide bonds. The van der Waals surface area contributed by atoms with Crippen LogP contribution in [-0.4, -0.2) is 54.1 Å². The van der Waals surface area contributed by atoms with Gasteiger partial charge in [0.25, 0.3) is 0 Å². The molecule has 0 saturated carbocycles. The Kier molecular flexibility index (Phi) is 5.24. The van der Waals surface area contributed by atoms with Crippen molar-refractivity contribution in [1.82, 2.24) is 9.80 Å². The van der Waals surface area contributed by atoms with Crippen molar-refractivity contribution in [2.45, 2.75) is 51.2 Å². The molecule has 1 fully saturated rings. The Morgan fingerprint density at radius 1 is 1.45 bits per heavy atom. The standard InChI is InChI=1S/C16H29N3S/c1-13(2)19-8-7-16(11-17,12-19)18(4)14(3)10-15-6-5-9-20-15/h5-6,9,13-14H,7-8,10-12,17H2,1-4H3. The normalized spacial score (nSPS) is 25.8. The smallest absolute Gasteiger partial charge is 0.0470 e. The first kappa shape index (κ1) is 16.0. The lowest BCUT2D eigenvalue weighted by molar-refractivity contribution is 0.0857. The molecule has 3 nitrogen and oxygen atoms in total. The molecule has 2 heterocycles. The zero-order valence-electron chi connectivity index (χ0n) is 13.3. The first-order valence-electron chi connectivity index (χ1n) is 7.68. The lowest BCUT2D eigenvalue weighted by Crippen LogP contribution is -2.57. The van der Waals surface area contributed by atoms with Crippen molar-refractivity contribution in [3.05, 3.63) is 22.4 Å². The number of hydrogen-bond acceptors (Lipinski definition) is 4. The van der Waals surface area contributed by atoms with E-state index in [2.05, 4.69) is 55.1 Å². The number of nitrogens with zero attached hydrogens (tertiary/aromatic N) is 2. The van der Waals surface area contributed by atoms with E-state index in [1.165, 1.54) is 17.8 Å². The molecule has 2 N–H and O–H groups in total. The third kappa shape index (κ3) is 3.25. The topological polar surface area (TPSA) is 32.5 Å². The van der Waals surface area contributed by atoms with E-state index in [0.717, 1.165) is 19.5 Å². The third-order valence-electron chi connectivity index (χ3n) is 4.96. The molecule has 1 saturated heterocycles. The maximum absolute atomic E-state index is 6.18. The van der Waals surface area contributed by atoms with Gasteiger partial charge in [0.1, 0.15) is 0 Å². The molecule has 1 aliphatic heterocycles. The number of thiophene rings is 1. The molecule has 2 atom stereocenters. The van der Waals surface area contributed by atoms with Crippen LogP contribution in [0.4, 0.5) is 0 Å².